The number of rotatable bonds is 6. The molecule has 1 saturated heterocycles. The van der Waals surface area contributed by atoms with E-state index in [-0.39, 0.29) is 29.8 Å². The van der Waals surface area contributed by atoms with Crippen molar-refractivity contribution >= 4 is 23.2 Å². The number of nitro groups is 1. The summed E-state index contributed by atoms with van der Waals surface area (Å²) in [4.78, 5) is 37.9. The molecule has 1 aliphatic rings. The molecule has 0 aromatic heterocycles. The highest BCUT2D eigenvalue weighted by molar-refractivity contribution is 6.09. The van der Waals surface area contributed by atoms with Crippen molar-refractivity contribution < 1.29 is 19.6 Å². The SMILES string of the molecule is O=C(Nc1ccccc1C(=O)N1CCCCC1CCO)c1cccc([N+](=O)[O-])c1. The molecule has 1 heterocycles. The van der Waals surface area contributed by atoms with E-state index in [0.29, 0.717) is 24.2 Å². The van der Waals surface area contributed by atoms with E-state index < -0.39 is 10.8 Å². The Morgan fingerprint density at radius 1 is 1.17 bits per heavy atom. The maximum absolute atomic E-state index is 13.2. The fraction of sp³-hybridized carbons (Fsp3) is 0.333. The van der Waals surface area contributed by atoms with Gasteiger partial charge in [0.15, 0.2) is 0 Å². The third-order valence-electron chi connectivity index (χ3n) is 5.08. The lowest BCUT2D eigenvalue weighted by Crippen LogP contribution is -2.44. The Morgan fingerprint density at radius 3 is 2.72 bits per heavy atom. The van der Waals surface area contributed by atoms with Gasteiger partial charge in [-0.05, 0) is 43.9 Å². The Balaban J connectivity index is 1.83. The molecule has 2 aromatic rings. The van der Waals surface area contributed by atoms with Crippen molar-refractivity contribution in [3.8, 4) is 0 Å². The van der Waals surface area contributed by atoms with Gasteiger partial charge in [0, 0.05) is 36.9 Å². The molecule has 2 aromatic carbocycles. The molecule has 0 radical (unpaired) electrons. The summed E-state index contributed by atoms with van der Waals surface area (Å²) in [5, 5.41) is 23.0. The third kappa shape index (κ3) is 4.78. The van der Waals surface area contributed by atoms with E-state index in [0.717, 1.165) is 19.3 Å². The van der Waals surface area contributed by atoms with Crippen molar-refractivity contribution in [2.75, 3.05) is 18.5 Å². The van der Waals surface area contributed by atoms with Crippen LogP contribution in [0.15, 0.2) is 48.5 Å². The Labute approximate surface area is 168 Å². The zero-order valence-electron chi connectivity index (χ0n) is 15.9. The first kappa shape index (κ1) is 20.5. The molecule has 1 unspecified atom stereocenters. The average molecular weight is 397 g/mol. The maximum atomic E-state index is 13.2. The molecular formula is C21H23N3O5. The van der Waals surface area contributed by atoms with E-state index in [1.807, 2.05) is 0 Å². The average Bonchev–Trinajstić information content (AvgIpc) is 2.74. The van der Waals surface area contributed by atoms with Gasteiger partial charge >= 0.3 is 0 Å². The highest BCUT2D eigenvalue weighted by atomic mass is 16.6. The number of nitrogens with one attached hydrogen (secondary N) is 1. The number of carbonyl (C=O) groups is 2. The van der Waals surface area contributed by atoms with Crippen molar-refractivity contribution in [2.24, 2.45) is 0 Å². The third-order valence-corrected chi connectivity index (χ3v) is 5.08. The Morgan fingerprint density at radius 2 is 1.97 bits per heavy atom. The van der Waals surface area contributed by atoms with Gasteiger partial charge in [0.25, 0.3) is 17.5 Å². The largest absolute Gasteiger partial charge is 0.396 e. The molecule has 152 valence electrons. The summed E-state index contributed by atoms with van der Waals surface area (Å²) < 4.78 is 0. The van der Waals surface area contributed by atoms with E-state index in [4.69, 9.17) is 0 Å². The standard InChI is InChI=1S/C21H23N3O5/c25-13-11-16-7-3-4-12-23(16)21(27)18-9-1-2-10-19(18)22-20(26)15-6-5-8-17(14-15)24(28)29/h1-2,5-6,8-10,14,16,25H,3-4,7,11-13H2,(H,22,26). The summed E-state index contributed by atoms with van der Waals surface area (Å²) in [6.45, 7) is 0.621. The van der Waals surface area contributed by atoms with Gasteiger partial charge in [0.05, 0.1) is 16.2 Å². The molecule has 0 bridgehead atoms. The van der Waals surface area contributed by atoms with Crippen molar-refractivity contribution in [1.29, 1.82) is 0 Å². The van der Waals surface area contributed by atoms with Gasteiger partial charge in [0.2, 0.25) is 0 Å². The number of anilines is 1. The second-order valence-electron chi connectivity index (χ2n) is 6.97. The molecule has 3 rings (SSSR count). The summed E-state index contributed by atoms with van der Waals surface area (Å²) in [6, 6.07) is 12.1. The second-order valence-corrected chi connectivity index (χ2v) is 6.97. The molecule has 2 amide bonds. The van der Waals surface area contributed by atoms with Crippen LogP contribution in [0.25, 0.3) is 0 Å². The number of aliphatic hydroxyl groups excluding tert-OH is 1. The number of aliphatic hydroxyl groups is 1. The van der Waals surface area contributed by atoms with Gasteiger partial charge in [0.1, 0.15) is 0 Å². The van der Waals surface area contributed by atoms with Crippen LogP contribution in [0.4, 0.5) is 11.4 Å². The van der Waals surface area contributed by atoms with Crippen molar-refractivity contribution in [3.63, 3.8) is 0 Å². The number of para-hydroxylation sites is 1. The zero-order chi connectivity index (χ0) is 20.8. The number of nitrogens with zero attached hydrogens (tertiary/aromatic N) is 2. The fourth-order valence-corrected chi connectivity index (χ4v) is 3.61. The summed E-state index contributed by atoms with van der Waals surface area (Å²) >= 11 is 0. The van der Waals surface area contributed by atoms with E-state index in [1.54, 1.807) is 29.2 Å². The molecule has 2 N–H and O–H groups in total. The number of benzene rings is 2. The number of amides is 2. The predicted octanol–water partition coefficient (Wildman–Crippen LogP) is 3.22. The monoisotopic (exact) mass is 397 g/mol. The molecule has 1 atom stereocenters. The van der Waals surface area contributed by atoms with Crippen molar-refractivity contribution in [1.82, 2.24) is 4.90 Å². The quantitative estimate of drug-likeness (QED) is 0.574. The summed E-state index contributed by atoms with van der Waals surface area (Å²) in [5.41, 5.74) is 0.665. The molecule has 29 heavy (non-hydrogen) atoms. The summed E-state index contributed by atoms with van der Waals surface area (Å²) in [7, 11) is 0. The minimum atomic E-state index is -0.564. The number of hydrogen-bond acceptors (Lipinski definition) is 5. The first-order valence-corrected chi connectivity index (χ1v) is 9.58. The first-order chi connectivity index (χ1) is 14.0. The predicted molar refractivity (Wildman–Crippen MR) is 108 cm³/mol. The number of nitro benzene ring substituents is 1. The van der Waals surface area contributed by atoms with Gasteiger partial charge in [-0.25, -0.2) is 0 Å². The van der Waals surface area contributed by atoms with Gasteiger partial charge in [-0.2, -0.15) is 0 Å². The van der Waals surface area contributed by atoms with Crippen LogP contribution in [0.3, 0.4) is 0 Å². The topological polar surface area (TPSA) is 113 Å². The van der Waals surface area contributed by atoms with Crippen LogP contribution >= 0.6 is 0 Å². The second kappa shape index (κ2) is 9.29. The van der Waals surface area contributed by atoms with Crippen LogP contribution in [0, 0.1) is 10.1 Å². The molecular weight excluding hydrogens is 374 g/mol. The summed E-state index contributed by atoms with van der Waals surface area (Å²) in [5.74, 6) is -0.724. The van der Waals surface area contributed by atoms with Crippen molar-refractivity contribution in [2.45, 2.75) is 31.7 Å². The minimum Gasteiger partial charge on any atom is -0.396 e. The number of likely N-dealkylation sites (tertiary alicyclic amines) is 1. The van der Waals surface area contributed by atoms with Gasteiger partial charge < -0.3 is 15.3 Å². The number of piperidine rings is 1. The number of carbonyl (C=O) groups excluding carboxylic acids is 2. The number of non-ortho nitro benzene ring substituents is 1. The molecule has 1 fully saturated rings. The smallest absolute Gasteiger partial charge is 0.270 e. The Hall–Kier alpha value is -3.26. The lowest BCUT2D eigenvalue weighted by atomic mass is 9.98. The van der Waals surface area contributed by atoms with Crippen molar-refractivity contribution in [3.05, 3.63) is 69.8 Å². The normalized spacial score (nSPS) is 16.3. The van der Waals surface area contributed by atoms with Crippen LogP contribution < -0.4 is 5.32 Å². The fourth-order valence-electron chi connectivity index (χ4n) is 3.61. The number of hydrogen-bond donors (Lipinski definition) is 2. The molecule has 0 saturated carbocycles. The van der Waals surface area contributed by atoms with E-state index in [9.17, 15) is 24.8 Å². The lowest BCUT2D eigenvalue weighted by molar-refractivity contribution is -0.384. The van der Waals surface area contributed by atoms with Crippen LogP contribution in [-0.4, -0.2) is 45.9 Å². The molecule has 0 aliphatic carbocycles. The molecule has 1 aliphatic heterocycles. The van der Waals surface area contributed by atoms with Crippen LogP contribution in [0.5, 0.6) is 0 Å². The van der Waals surface area contributed by atoms with Crippen LogP contribution in [0.2, 0.25) is 0 Å². The van der Waals surface area contributed by atoms with Gasteiger partial charge in [-0.3, -0.25) is 19.7 Å². The zero-order valence-corrected chi connectivity index (χ0v) is 15.9. The minimum absolute atomic E-state index is 0.0135. The van der Waals surface area contributed by atoms with Crippen LogP contribution in [-0.2, 0) is 0 Å². The Kier molecular flexibility index (Phi) is 6.56. The summed E-state index contributed by atoms with van der Waals surface area (Å²) in [6.07, 6.45) is 3.28. The van der Waals surface area contributed by atoms with Crippen LogP contribution in [0.1, 0.15) is 46.4 Å². The van der Waals surface area contributed by atoms with Gasteiger partial charge in [-0.15, -0.1) is 0 Å². The molecule has 0 spiro atoms. The van der Waals surface area contributed by atoms with E-state index in [1.165, 1.54) is 24.3 Å². The maximum Gasteiger partial charge on any atom is 0.270 e. The first-order valence-electron chi connectivity index (χ1n) is 9.58. The highest BCUT2D eigenvalue weighted by Crippen LogP contribution is 2.25. The lowest BCUT2D eigenvalue weighted by Gasteiger charge is -2.36. The van der Waals surface area contributed by atoms with E-state index >= 15 is 0 Å². The molecule has 8 nitrogen and oxygen atoms in total. The molecule has 8 heteroatoms. The van der Waals surface area contributed by atoms with Gasteiger partial charge in [-0.1, -0.05) is 18.2 Å². The highest BCUT2D eigenvalue weighted by Gasteiger charge is 2.28. The van der Waals surface area contributed by atoms with E-state index in [2.05, 4.69) is 5.32 Å². The Bertz CT molecular complexity index is 913.